The van der Waals surface area contributed by atoms with Gasteiger partial charge in [0.1, 0.15) is 18.0 Å². The van der Waals surface area contributed by atoms with Crippen molar-refractivity contribution in [3.05, 3.63) is 36.2 Å². The zero-order valence-corrected chi connectivity index (χ0v) is 12.9. The van der Waals surface area contributed by atoms with Crippen LogP contribution in [0.25, 0.3) is 0 Å². The number of thioether (sulfide) groups is 1. The number of aromatic nitrogens is 2. The maximum atomic E-state index is 4.38. The van der Waals surface area contributed by atoms with Crippen molar-refractivity contribution < 1.29 is 0 Å². The SMILES string of the molecule is CCCc1c(NC)ncnc1Nc1ccc(SC)cc1. The number of hydrogen-bond donors (Lipinski definition) is 2. The first kappa shape index (κ1) is 14.7. The van der Waals surface area contributed by atoms with Crippen LogP contribution >= 0.6 is 11.8 Å². The van der Waals surface area contributed by atoms with E-state index in [1.807, 2.05) is 7.05 Å². The number of hydrogen-bond acceptors (Lipinski definition) is 5. The second-order valence-corrected chi connectivity index (χ2v) is 5.28. The van der Waals surface area contributed by atoms with Gasteiger partial charge >= 0.3 is 0 Å². The molecule has 106 valence electrons. The van der Waals surface area contributed by atoms with Crippen LogP contribution in [0.5, 0.6) is 0 Å². The molecular formula is C15H20N4S. The lowest BCUT2D eigenvalue weighted by Crippen LogP contribution is -2.05. The summed E-state index contributed by atoms with van der Waals surface area (Å²) in [6.45, 7) is 2.16. The van der Waals surface area contributed by atoms with Gasteiger partial charge in [-0.1, -0.05) is 13.3 Å². The van der Waals surface area contributed by atoms with Gasteiger partial charge < -0.3 is 10.6 Å². The molecule has 2 rings (SSSR count). The van der Waals surface area contributed by atoms with Gasteiger partial charge in [-0.2, -0.15) is 0 Å². The molecule has 0 atom stereocenters. The molecule has 2 N–H and O–H groups in total. The van der Waals surface area contributed by atoms with Crippen LogP contribution in [0.15, 0.2) is 35.5 Å². The summed E-state index contributed by atoms with van der Waals surface area (Å²) in [6.07, 6.45) is 5.67. The van der Waals surface area contributed by atoms with Crippen molar-refractivity contribution >= 4 is 29.1 Å². The minimum absolute atomic E-state index is 0.878. The molecule has 1 aromatic carbocycles. The van der Waals surface area contributed by atoms with Crippen LogP contribution in [0.1, 0.15) is 18.9 Å². The van der Waals surface area contributed by atoms with Crippen molar-refractivity contribution in [3.63, 3.8) is 0 Å². The summed E-state index contributed by atoms with van der Waals surface area (Å²) in [5.74, 6) is 1.77. The van der Waals surface area contributed by atoms with Gasteiger partial charge in [0, 0.05) is 23.2 Å². The fourth-order valence-electron chi connectivity index (χ4n) is 2.03. The Balaban J connectivity index is 2.27. The second kappa shape index (κ2) is 7.14. The monoisotopic (exact) mass is 288 g/mol. The number of anilines is 3. The molecule has 1 heterocycles. The van der Waals surface area contributed by atoms with Gasteiger partial charge in [-0.05, 0) is 36.9 Å². The zero-order chi connectivity index (χ0) is 14.4. The van der Waals surface area contributed by atoms with Crippen molar-refractivity contribution in [3.8, 4) is 0 Å². The van der Waals surface area contributed by atoms with Gasteiger partial charge in [0.05, 0.1) is 0 Å². The fraction of sp³-hybridized carbons (Fsp3) is 0.333. The third-order valence-electron chi connectivity index (χ3n) is 3.03. The van der Waals surface area contributed by atoms with E-state index in [1.54, 1.807) is 18.1 Å². The molecule has 0 aliphatic rings. The van der Waals surface area contributed by atoms with Crippen molar-refractivity contribution in [1.82, 2.24) is 9.97 Å². The van der Waals surface area contributed by atoms with Crippen molar-refractivity contribution in [2.75, 3.05) is 23.9 Å². The van der Waals surface area contributed by atoms with Gasteiger partial charge in [0.2, 0.25) is 0 Å². The second-order valence-electron chi connectivity index (χ2n) is 4.40. The first-order chi connectivity index (χ1) is 9.78. The Morgan fingerprint density at radius 3 is 2.40 bits per heavy atom. The summed E-state index contributed by atoms with van der Waals surface area (Å²) >= 11 is 1.74. The Kier molecular flexibility index (Phi) is 5.24. The van der Waals surface area contributed by atoms with Crippen molar-refractivity contribution in [2.45, 2.75) is 24.7 Å². The zero-order valence-electron chi connectivity index (χ0n) is 12.1. The Labute approximate surface area is 124 Å². The molecule has 1 aromatic heterocycles. The predicted molar refractivity (Wildman–Crippen MR) is 87.1 cm³/mol. The maximum Gasteiger partial charge on any atom is 0.139 e. The van der Waals surface area contributed by atoms with Gasteiger partial charge in [-0.25, -0.2) is 9.97 Å². The predicted octanol–water partition coefficient (Wildman–Crippen LogP) is 3.94. The minimum atomic E-state index is 0.878. The quantitative estimate of drug-likeness (QED) is 0.789. The summed E-state index contributed by atoms with van der Waals surface area (Å²) in [5, 5.41) is 6.51. The number of nitrogens with one attached hydrogen (secondary N) is 2. The average molecular weight is 288 g/mol. The average Bonchev–Trinajstić information content (AvgIpc) is 2.50. The lowest BCUT2D eigenvalue weighted by molar-refractivity contribution is 0.905. The Bertz CT molecular complexity index is 554. The highest BCUT2D eigenvalue weighted by Crippen LogP contribution is 2.25. The van der Waals surface area contributed by atoms with Crippen molar-refractivity contribution in [1.29, 1.82) is 0 Å². The van der Waals surface area contributed by atoms with Gasteiger partial charge in [-0.15, -0.1) is 11.8 Å². The van der Waals surface area contributed by atoms with Gasteiger partial charge in [0.15, 0.2) is 0 Å². The van der Waals surface area contributed by atoms with E-state index < -0.39 is 0 Å². The van der Waals surface area contributed by atoms with Crippen LogP contribution in [0.4, 0.5) is 17.3 Å². The van der Waals surface area contributed by atoms with E-state index in [-0.39, 0.29) is 0 Å². The topological polar surface area (TPSA) is 49.8 Å². The molecule has 2 aromatic rings. The van der Waals surface area contributed by atoms with E-state index in [0.29, 0.717) is 0 Å². The van der Waals surface area contributed by atoms with E-state index in [2.05, 4.69) is 58.0 Å². The van der Waals surface area contributed by atoms with E-state index in [4.69, 9.17) is 0 Å². The molecule has 4 nitrogen and oxygen atoms in total. The molecule has 0 fully saturated rings. The normalized spacial score (nSPS) is 10.3. The molecule has 0 aliphatic heterocycles. The standard InChI is InChI=1S/C15H20N4S/c1-4-5-13-14(16-2)17-10-18-15(13)19-11-6-8-12(20-3)9-7-11/h6-10H,4-5H2,1-3H3,(H2,16,17,18,19). The van der Waals surface area contributed by atoms with Gasteiger partial charge in [0.25, 0.3) is 0 Å². The molecule has 0 bridgehead atoms. The van der Waals surface area contributed by atoms with Crippen LogP contribution in [0.2, 0.25) is 0 Å². The molecule has 0 spiro atoms. The molecule has 0 saturated heterocycles. The number of rotatable bonds is 6. The highest BCUT2D eigenvalue weighted by molar-refractivity contribution is 7.98. The van der Waals surface area contributed by atoms with Crippen LogP contribution < -0.4 is 10.6 Å². The highest BCUT2D eigenvalue weighted by atomic mass is 32.2. The minimum Gasteiger partial charge on any atom is -0.373 e. The summed E-state index contributed by atoms with van der Waals surface area (Å²) in [6, 6.07) is 8.35. The van der Waals surface area contributed by atoms with Crippen LogP contribution in [0.3, 0.4) is 0 Å². The smallest absolute Gasteiger partial charge is 0.139 e. The molecule has 0 saturated carbocycles. The van der Waals surface area contributed by atoms with Crippen LogP contribution in [0, 0.1) is 0 Å². The lowest BCUT2D eigenvalue weighted by atomic mass is 10.1. The van der Waals surface area contributed by atoms with E-state index in [9.17, 15) is 0 Å². The lowest BCUT2D eigenvalue weighted by Gasteiger charge is -2.13. The summed E-state index contributed by atoms with van der Waals surface area (Å²) in [4.78, 5) is 9.91. The highest BCUT2D eigenvalue weighted by Gasteiger charge is 2.09. The molecule has 0 aliphatic carbocycles. The first-order valence-electron chi connectivity index (χ1n) is 6.71. The fourth-order valence-corrected chi connectivity index (χ4v) is 2.44. The summed E-state index contributed by atoms with van der Waals surface area (Å²) in [5.41, 5.74) is 2.17. The Hall–Kier alpha value is -1.75. The molecule has 0 unspecified atom stereocenters. The van der Waals surface area contributed by atoms with E-state index in [0.717, 1.165) is 35.7 Å². The molecule has 5 heteroatoms. The van der Waals surface area contributed by atoms with E-state index >= 15 is 0 Å². The largest absolute Gasteiger partial charge is 0.373 e. The third-order valence-corrected chi connectivity index (χ3v) is 3.78. The molecular weight excluding hydrogens is 268 g/mol. The summed E-state index contributed by atoms with van der Waals surface area (Å²) < 4.78 is 0. The molecule has 0 amide bonds. The Morgan fingerprint density at radius 1 is 1.10 bits per heavy atom. The maximum absolute atomic E-state index is 4.38. The van der Waals surface area contributed by atoms with Crippen molar-refractivity contribution in [2.24, 2.45) is 0 Å². The van der Waals surface area contributed by atoms with Gasteiger partial charge in [-0.3, -0.25) is 0 Å². The van der Waals surface area contributed by atoms with E-state index in [1.165, 1.54) is 4.90 Å². The number of benzene rings is 1. The first-order valence-corrected chi connectivity index (χ1v) is 7.93. The number of nitrogens with zero attached hydrogens (tertiary/aromatic N) is 2. The molecule has 20 heavy (non-hydrogen) atoms. The third kappa shape index (κ3) is 3.42. The summed E-state index contributed by atoms with van der Waals surface area (Å²) in [7, 11) is 1.89. The van der Waals surface area contributed by atoms with Crippen LogP contribution in [-0.2, 0) is 6.42 Å². The molecule has 0 radical (unpaired) electrons. The Morgan fingerprint density at radius 2 is 1.80 bits per heavy atom. The van der Waals surface area contributed by atoms with Crippen LogP contribution in [-0.4, -0.2) is 23.3 Å².